The quantitative estimate of drug-likeness (QED) is 0.235. The molecule has 0 aliphatic carbocycles. The molecule has 0 aliphatic rings. The zero-order chi connectivity index (χ0) is 14.9. The number of allylic oxidation sites excluding steroid dienone is 1. The highest BCUT2D eigenvalue weighted by atomic mass is 14.2. The van der Waals surface area contributed by atoms with Gasteiger partial charge >= 0.3 is 0 Å². The fraction of sp³-hybridized carbons (Fsp3) is 0.842. The van der Waals surface area contributed by atoms with Crippen LogP contribution in [0.15, 0.2) is 12.2 Å². The predicted octanol–water partition coefficient (Wildman–Crippen LogP) is 6.94. The summed E-state index contributed by atoms with van der Waals surface area (Å²) >= 11 is 0. The van der Waals surface area contributed by atoms with E-state index < -0.39 is 0 Å². The first kappa shape index (κ1) is 19.2. The summed E-state index contributed by atoms with van der Waals surface area (Å²) in [4.78, 5) is 0. The van der Waals surface area contributed by atoms with Gasteiger partial charge in [-0.05, 0) is 12.8 Å². The molecule has 0 amide bonds. The summed E-state index contributed by atoms with van der Waals surface area (Å²) in [5, 5.41) is 8.53. The maximum atomic E-state index is 8.53. The van der Waals surface area contributed by atoms with Gasteiger partial charge in [0.2, 0.25) is 0 Å². The number of nitriles is 1. The molecule has 1 heteroatoms. The minimum atomic E-state index is 0.540. The number of hydrogen-bond donors (Lipinski definition) is 0. The van der Waals surface area contributed by atoms with Gasteiger partial charge in [0.15, 0.2) is 0 Å². The SMILES string of the molecule is C=C(CC#N)CCCCCCCCCCCCCCC. The highest BCUT2D eigenvalue weighted by Crippen LogP contribution is 2.14. The molecule has 0 aromatic rings. The predicted molar refractivity (Wildman–Crippen MR) is 89.7 cm³/mol. The summed E-state index contributed by atoms with van der Waals surface area (Å²) < 4.78 is 0. The minimum Gasteiger partial charge on any atom is -0.198 e. The Balaban J connectivity index is 3.03. The second-order valence-electron chi connectivity index (χ2n) is 6.08. The number of hydrogen-bond acceptors (Lipinski definition) is 1. The zero-order valence-corrected chi connectivity index (χ0v) is 13.8. The van der Waals surface area contributed by atoms with Crippen molar-refractivity contribution >= 4 is 0 Å². The topological polar surface area (TPSA) is 23.8 Å². The van der Waals surface area contributed by atoms with Crippen molar-refractivity contribution in [1.29, 1.82) is 5.26 Å². The van der Waals surface area contributed by atoms with Crippen LogP contribution in [0.4, 0.5) is 0 Å². The second kappa shape index (κ2) is 16.3. The second-order valence-corrected chi connectivity index (χ2v) is 6.08. The molecule has 0 aliphatic heterocycles. The maximum Gasteiger partial charge on any atom is 0.0666 e. The van der Waals surface area contributed by atoms with Gasteiger partial charge in [-0.2, -0.15) is 5.26 Å². The molecule has 0 heterocycles. The molecule has 0 aromatic carbocycles. The van der Waals surface area contributed by atoms with E-state index in [9.17, 15) is 0 Å². The van der Waals surface area contributed by atoms with Gasteiger partial charge in [0.1, 0.15) is 0 Å². The van der Waals surface area contributed by atoms with Gasteiger partial charge in [-0.1, -0.05) is 96.1 Å². The monoisotopic (exact) mass is 277 g/mol. The average molecular weight is 277 g/mol. The lowest BCUT2D eigenvalue weighted by Gasteiger charge is -2.03. The summed E-state index contributed by atoms with van der Waals surface area (Å²) in [5.74, 6) is 0. The average Bonchev–Trinajstić information content (AvgIpc) is 2.44. The van der Waals surface area contributed by atoms with Crippen LogP contribution in [0.5, 0.6) is 0 Å². The lowest BCUT2D eigenvalue weighted by Crippen LogP contribution is -1.84. The molecular weight excluding hydrogens is 242 g/mol. The van der Waals surface area contributed by atoms with E-state index in [0.717, 1.165) is 12.0 Å². The van der Waals surface area contributed by atoms with Crippen molar-refractivity contribution in [3.8, 4) is 6.07 Å². The largest absolute Gasteiger partial charge is 0.198 e. The van der Waals surface area contributed by atoms with Gasteiger partial charge in [-0.25, -0.2) is 0 Å². The fourth-order valence-corrected chi connectivity index (χ4v) is 2.59. The van der Waals surface area contributed by atoms with Crippen LogP contribution in [0.1, 0.15) is 103 Å². The third-order valence-electron chi connectivity index (χ3n) is 3.96. The van der Waals surface area contributed by atoms with E-state index in [1.807, 2.05) is 0 Å². The lowest BCUT2D eigenvalue weighted by atomic mass is 10.0. The van der Waals surface area contributed by atoms with Crippen LogP contribution in [0, 0.1) is 11.3 Å². The third-order valence-corrected chi connectivity index (χ3v) is 3.96. The molecule has 0 atom stereocenters. The minimum absolute atomic E-state index is 0.540. The van der Waals surface area contributed by atoms with Gasteiger partial charge in [-0.3, -0.25) is 0 Å². The highest BCUT2D eigenvalue weighted by molar-refractivity contribution is 5.01. The van der Waals surface area contributed by atoms with E-state index in [4.69, 9.17) is 5.26 Å². The van der Waals surface area contributed by atoms with E-state index in [0.29, 0.717) is 6.42 Å². The van der Waals surface area contributed by atoms with E-state index in [1.165, 1.54) is 83.5 Å². The van der Waals surface area contributed by atoms with Crippen molar-refractivity contribution in [1.82, 2.24) is 0 Å². The van der Waals surface area contributed by atoms with Crippen LogP contribution in [-0.4, -0.2) is 0 Å². The third kappa shape index (κ3) is 15.3. The van der Waals surface area contributed by atoms with E-state index in [1.54, 1.807) is 0 Å². The van der Waals surface area contributed by atoms with Crippen LogP contribution in [0.25, 0.3) is 0 Å². The summed E-state index contributed by atoms with van der Waals surface area (Å²) in [6.45, 7) is 6.19. The Kier molecular flexibility index (Phi) is 15.7. The molecular formula is C19H35N. The van der Waals surface area contributed by atoms with Crippen molar-refractivity contribution in [3.63, 3.8) is 0 Å². The number of rotatable bonds is 15. The first-order valence-corrected chi connectivity index (χ1v) is 8.84. The molecule has 0 saturated carbocycles. The van der Waals surface area contributed by atoms with Crippen molar-refractivity contribution in [2.45, 2.75) is 103 Å². The Morgan fingerprint density at radius 2 is 1.15 bits per heavy atom. The first-order chi connectivity index (χ1) is 9.81. The number of unbranched alkanes of at least 4 members (excludes halogenated alkanes) is 12. The van der Waals surface area contributed by atoms with Crippen LogP contribution >= 0.6 is 0 Å². The molecule has 0 bridgehead atoms. The Morgan fingerprint density at radius 3 is 1.55 bits per heavy atom. The van der Waals surface area contributed by atoms with E-state index >= 15 is 0 Å². The summed E-state index contributed by atoms with van der Waals surface area (Å²) in [5.41, 5.74) is 1.11. The van der Waals surface area contributed by atoms with Gasteiger partial charge in [0.05, 0.1) is 12.5 Å². The standard InChI is InChI=1S/C19H35N/c1-3-4-5-6-7-8-9-10-11-12-13-14-15-16-19(2)17-18-20/h2-17H2,1H3. The molecule has 0 aromatic heterocycles. The van der Waals surface area contributed by atoms with Crippen molar-refractivity contribution in [2.75, 3.05) is 0 Å². The van der Waals surface area contributed by atoms with Gasteiger partial charge in [-0.15, -0.1) is 0 Å². The molecule has 1 nitrogen and oxygen atoms in total. The van der Waals surface area contributed by atoms with Crippen molar-refractivity contribution in [2.24, 2.45) is 0 Å². The Morgan fingerprint density at radius 1 is 0.750 bits per heavy atom. The molecule has 0 unspecified atom stereocenters. The van der Waals surface area contributed by atoms with Crippen LogP contribution in [0.3, 0.4) is 0 Å². The van der Waals surface area contributed by atoms with Gasteiger partial charge < -0.3 is 0 Å². The molecule has 0 spiro atoms. The summed E-state index contributed by atoms with van der Waals surface area (Å²) in [6.07, 6.45) is 19.7. The molecule has 0 fully saturated rings. The number of nitrogens with zero attached hydrogens (tertiary/aromatic N) is 1. The fourth-order valence-electron chi connectivity index (χ4n) is 2.59. The zero-order valence-electron chi connectivity index (χ0n) is 13.8. The molecule has 0 radical (unpaired) electrons. The smallest absolute Gasteiger partial charge is 0.0666 e. The van der Waals surface area contributed by atoms with E-state index in [-0.39, 0.29) is 0 Å². The highest BCUT2D eigenvalue weighted by Gasteiger charge is 1.95. The Bertz CT molecular complexity index is 249. The Labute approximate surface area is 127 Å². The van der Waals surface area contributed by atoms with Crippen LogP contribution < -0.4 is 0 Å². The Hall–Kier alpha value is -0.770. The van der Waals surface area contributed by atoms with Crippen molar-refractivity contribution < 1.29 is 0 Å². The lowest BCUT2D eigenvalue weighted by molar-refractivity contribution is 0.539. The van der Waals surface area contributed by atoms with Crippen LogP contribution in [-0.2, 0) is 0 Å². The summed E-state index contributed by atoms with van der Waals surface area (Å²) in [7, 11) is 0. The molecule has 0 N–H and O–H groups in total. The summed E-state index contributed by atoms with van der Waals surface area (Å²) in [6, 6.07) is 2.16. The molecule has 0 saturated heterocycles. The molecule has 116 valence electrons. The first-order valence-electron chi connectivity index (χ1n) is 8.84. The van der Waals surface area contributed by atoms with Crippen molar-refractivity contribution in [3.05, 3.63) is 12.2 Å². The maximum absolute atomic E-state index is 8.53. The normalized spacial score (nSPS) is 10.4. The molecule has 20 heavy (non-hydrogen) atoms. The van der Waals surface area contributed by atoms with Crippen LogP contribution in [0.2, 0.25) is 0 Å². The van der Waals surface area contributed by atoms with Gasteiger partial charge in [0, 0.05) is 0 Å². The molecule has 0 rings (SSSR count). The van der Waals surface area contributed by atoms with Gasteiger partial charge in [0.25, 0.3) is 0 Å². The van der Waals surface area contributed by atoms with E-state index in [2.05, 4.69) is 19.6 Å².